The SMILES string of the molecule is IC12CC(C34CC(I)(C3)C4)(C1)C2. The molecule has 6 fully saturated rings. The molecule has 2 heteroatoms. The lowest BCUT2D eigenvalue weighted by molar-refractivity contribution is -0.273. The second-order valence-corrected chi connectivity index (χ2v) is 10.5. The topological polar surface area (TPSA) is 0 Å². The third-order valence-corrected chi connectivity index (χ3v) is 7.34. The van der Waals surface area contributed by atoms with Crippen molar-refractivity contribution in [1.82, 2.24) is 0 Å². The van der Waals surface area contributed by atoms with Crippen LogP contribution >= 0.6 is 45.2 Å². The van der Waals surface area contributed by atoms with Gasteiger partial charge in [0.15, 0.2) is 0 Å². The lowest BCUT2D eigenvalue weighted by Gasteiger charge is -2.85. The molecule has 0 nitrogen and oxygen atoms in total. The average Bonchev–Trinajstić information content (AvgIpc) is 1.69. The zero-order chi connectivity index (χ0) is 8.24. The molecular formula is C10H12I2. The summed E-state index contributed by atoms with van der Waals surface area (Å²) < 4.78 is 1.59. The average molecular weight is 386 g/mol. The molecule has 0 spiro atoms. The predicted octanol–water partition coefficient (Wildman–Crippen LogP) is 3.70. The molecule has 0 aromatic heterocycles. The molecule has 66 valence electrons. The van der Waals surface area contributed by atoms with Gasteiger partial charge in [-0.05, 0) is 49.4 Å². The first-order valence-electron chi connectivity index (χ1n) is 4.87. The van der Waals surface area contributed by atoms with Crippen LogP contribution in [0.25, 0.3) is 0 Å². The van der Waals surface area contributed by atoms with Crippen LogP contribution in [0.3, 0.4) is 0 Å². The standard InChI is InChI=1S/C10H12I2/c11-9-1-7(2-9,3-9)8-4-10(12,5-8)6-8/h1-6H2. The van der Waals surface area contributed by atoms with Crippen molar-refractivity contribution < 1.29 is 0 Å². The van der Waals surface area contributed by atoms with Gasteiger partial charge in [0.2, 0.25) is 0 Å². The van der Waals surface area contributed by atoms with Crippen LogP contribution in [0.2, 0.25) is 0 Å². The summed E-state index contributed by atoms with van der Waals surface area (Å²) in [6.45, 7) is 0. The molecule has 0 aromatic carbocycles. The summed E-state index contributed by atoms with van der Waals surface area (Å²) in [5.41, 5.74) is 1.78. The first kappa shape index (κ1) is 7.71. The third kappa shape index (κ3) is 0.581. The van der Waals surface area contributed by atoms with Gasteiger partial charge in [-0.2, -0.15) is 0 Å². The van der Waals surface area contributed by atoms with E-state index in [1.165, 1.54) is 0 Å². The van der Waals surface area contributed by atoms with Gasteiger partial charge in [0.05, 0.1) is 0 Å². The summed E-state index contributed by atoms with van der Waals surface area (Å²) in [7, 11) is 0. The van der Waals surface area contributed by atoms with E-state index < -0.39 is 0 Å². The Balaban J connectivity index is 1.63. The van der Waals surface area contributed by atoms with Crippen LogP contribution in [-0.4, -0.2) is 6.84 Å². The van der Waals surface area contributed by atoms with E-state index in [2.05, 4.69) is 45.2 Å². The molecule has 0 amide bonds. The monoisotopic (exact) mass is 386 g/mol. The Labute approximate surface area is 101 Å². The molecule has 0 aliphatic heterocycles. The normalized spacial score (nSPS) is 76.5. The van der Waals surface area contributed by atoms with E-state index >= 15 is 0 Å². The molecule has 0 heterocycles. The van der Waals surface area contributed by atoms with Gasteiger partial charge >= 0.3 is 0 Å². The Morgan fingerprint density at radius 3 is 1.00 bits per heavy atom. The zero-order valence-electron chi connectivity index (χ0n) is 7.00. The molecule has 0 radical (unpaired) electrons. The molecule has 0 saturated heterocycles. The Morgan fingerprint density at radius 2 is 0.833 bits per heavy atom. The Kier molecular flexibility index (Phi) is 1.06. The third-order valence-electron chi connectivity index (χ3n) is 5.06. The number of halogens is 2. The molecule has 12 heavy (non-hydrogen) atoms. The number of hydrogen-bond acceptors (Lipinski definition) is 0. The molecular weight excluding hydrogens is 374 g/mol. The molecule has 4 bridgehead atoms. The first-order chi connectivity index (χ1) is 5.49. The van der Waals surface area contributed by atoms with Crippen LogP contribution in [0.15, 0.2) is 0 Å². The highest BCUT2D eigenvalue weighted by Gasteiger charge is 2.83. The minimum Gasteiger partial charge on any atom is -0.0788 e. The molecule has 0 unspecified atom stereocenters. The van der Waals surface area contributed by atoms with Crippen molar-refractivity contribution in [2.45, 2.75) is 45.4 Å². The Morgan fingerprint density at radius 1 is 0.583 bits per heavy atom. The van der Waals surface area contributed by atoms with Gasteiger partial charge in [0.1, 0.15) is 0 Å². The summed E-state index contributed by atoms with van der Waals surface area (Å²) >= 11 is 5.41. The fraction of sp³-hybridized carbons (Fsp3) is 1.00. The number of rotatable bonds is 1. The maximum absolute atomic E-state index is 2.70. The highest BCUT2D eigenvalue weighted by Crippen LogP contribution is 2.90. The van der Waals surface area contributed by atoms with E-state index in [-0.39, 0.29) is 0 Å². The van der Waals surface area contributed by atoms with Crippen LogP contribution in [-0.2, 0) is 0 Å². The number of hydrogen-bond donors (Lipinski definition) is 0. The minimum absolute atomic E-state index is 0.797. The van der Waals surface area contributed by atoms with Crippen molar-refractivity contribution >= 4 is 45.2 Å². The Hall–Kier alpha value is 1.46. The van der Waals surface area contributed by atoms with Gasteiger partial charge in [-0.15, -0.1) is 0 Å². The van der Waals surface area contributed by atoms with E-state index in [0.717, 1.165) is 17.7 Å². The van der Waals surface area contributed by atoms with Gasteiger partial charge in [0, 0.05) is 6.84 Å². The summed E-state index contributed by atoms with van der Waals surface area (Å²) in [5.74, 6) is 0. The van der Waals surface area contributed by atoms with Gasteiger partial charge in [-0.1, -0.05) is 45.2 Å². The van der Waals surface area contributed by atoms with Crippen molar-refractivity contribution in [3.63, 3.8) is 0 Å². The summed E-state index contributed by atoms with van der Waals surface area (Å²) in [6, 6.07) is 0. The quantitative estimate of drug-likeness (QED) is 0.477. The minimum atomic E-state index is 0.797. The van der Waals surface area contributed by atoms with E-state index in [0.29, 0.717) is 0 Å². The highest BCUT2D eigenvalue weighted by atomic mass is 127. The molecule has 6 rings (SSSR count). The van der Waals surface area contributed by atoms with Crippen molar-refractivity contribution in [1.29, 1.82) is 0 Å². The van der Waals surface area contributed by atoms with Crippen LogP contribution < -0.4 is 0 Å². The van der Waals surface area contributed by atoms with Crippen molar-refractivity contribution in [2.24, 2.45) is 10.8 Å². The number of alkyl halides is 2. The maximum Gasteiger partial charge on any atom is 0.0239 e. The molecule has 0 aromatic rings. The molecule has 0 atom stereocenters. The maximum atomic E-state index is 2.70. The molecule has 6 saturated carbocycles. The van der Waals surface area contributed by atoms with E-state index in [1.54, 1.807) is 38.5 Å². The Bertz CT molecular complexity index is 225. The van der Waals surface area contributed by atoms with Crippen molar-refractivity contribution in [3.8, 4) is 0 Å². The van der Waals surface area contributed by atoms with Crippen LogP contribution in [0.4, 0.5) is 0 Å². The van der Waals surface area contributed by atoms with E-state index in [9.17, 15) is 0 Å². The fourth-order valence-corrected chi connectivity index (χ4v) is 8.83. The first-order valence-corrected chi connectivity index (χ1v) is 7.03. The molecule has 0 N–H and O–H groups in total. The van der Waals surface area contributed by atoms with Crippen LogP contribution in [0.5, 0.6) is 0 Å². The van der Waals surface area contributed by atoms with E-state index in [4.69, 9.17) is 0 Å². The van der Waals surface area contributed by atoms with Gasteiger partial charge in [0.25, 0.3) is 0 Å². The van der Waals surface area contributed by atoms with Crippen LogP contribution in [0.1, 0.15) is 38.5 Å². The summed E-state index contributed by atoms with van der Waals surface area (Å²) in [6.07, 6.45) is 9.46. The summed E-state index contributed by atoms with van der Waals surface area (Å²) in [4.78, 5) is 0. The lowest BCUT2D eigenvalue weighted by Crippen LogP contribution is -2.80. The van der Waals surface area contributed by atoms with Crippen molar-refractivity contribution in [3.05, 3.63) is 0 Å². The largest absolute Gasteiger partial charge is 0.0788 e. The summed E-state index contributed by atoms with van der Waals surface area (Å²) in [5, 5.41) is 0. The van der Waals surface area contributed by atoms with Gasteiger partial charge in [-0.3, -0.25) is 0 Å². The molecule has 6 aliphatic carbocycles. The van der Waals surface area contributed by atoms with Crippen molar-refractivity contribution in [2.75, 3.05) is 0 Å². The predicted molar refractivity (Wildman–Crippen MR) is 66.1 cm³/mol. The van der Waals surface area contributed by atoms with Gasteiger partial charge < -0.3 is 0 Å². The van der Waals surface area contributed by atoms with Gasteiger partial charge in [-0.25, -0.2) is 0 Å². The van der Waals surface area contributed by atoms with E-state index in [1.807, 2.05) is 0 Å². The lowest BCUT2D eigenvalue weighted by atomic mass is 9.24. The molecule has 6 aliphatic rings. The second-order valence-electron chi connectivity index (χ2n) is 5.92. The highest BCUT2D eigenvalue weighted by molar-refractivity contribution is 14.1. The smallest absolute Gasteiger partial charge is 0.0239 e. The zero-order valence-corrected chi connectivity index (χ0v) is 11.3. The van der Waals surface area contributed by atoms with Crippen LogP contribution in [0, 0.1) is 10.8 Å². The fourth-order valence-electron chi connectivity index (χ4n) is 4.45. The second kappa shape index (κ2) is 1.65.